The topological polar surface area (TPSA) is 100 Å². The maximum atomic E-state index is 13.2. The number of thioether (sulfide) groups is 1. The molecule has 0 saturated carbocycles. The Morgan fingerprint density at radius 1 is 1.16 bits per heavy atom. The lowest BCUT2D eigenvalue weighted by Crippen LogP contribution is -2.31. The van der Waals surface area contributed by atoms with E-state index in [1.165, 1.54) is 4.90 Å². The van der Waals surface area contributed by atoms with Gasteiger partial charge in [0.15, 0.2) is 5.78 Å². The zero-order valence-corrected chi connectivity index (χ0v) is 23.0. The molecule has 1 aromatic heterocycles. The van der Waals surface area contributed by atoms with Gasteiger partial charge in [-0.25, -0.2) is 9.88 Å². The number of Topliss-reactive ketones (excluding diaryl/α,β-unsaturated/α-hetero) is 1. The lowest BCUT2D eigenvalue weighted by Gasteiger charge is -2.17. The van der Waals surface area contributed by atoms with E-state index in [1.807, 2.05) is 19.1 Å². The number of imide groups is 1. The predicted octanol–water partition coefficient (Wildman–Crippen LogP) is 5.58. The number of carbonyl (C=O) groups excluding carboxylic acids is 3. The van der Waals surface area contributed by atoms with Crippen molar-refractivity contribution < 1.29 is 19.1 Å². The van der Waals surface area contributed by atoms with Gasteiger partial charge in [-0.05, 0) is 68.3 Å². The third kappa shape index (κ3) is 5.60. The lowest BCUT2D eigenvalue weighted by atomic mass is 9.96. The molecule has 2 amide bonds. The molecule has 1 unspecified atom stereocenters. The van der Waals surface area contributed by atoms with Gasteiger partial charge in [0.2, 0.25) is 11.8 Å². The SMILES string of the molecule is CCOc1ccc(N2C(=O)CC(Sc3nc(C)c(CC(=O)c4ccc(Br)cc4)c(C)c3C#N)C2=O)cc1. The van der Waals surface area contributed by atoms with Crippen LogP contribution in [0.1, 0.15) is 46.1 Å². The molecule has 1 aliphatic rings. The molecule has 37 heavy (non-hydrogen) atoms. The van der Waals surface area contributed by atoms with Gasteiger partial charge in [0.25, 0.3) is 0 Å². The summed E-state index contributed by atoms with van der Waals surface area (Å²) in [5.41, 5.74) is 3.33. The van der Waals surface area contributed by atoms with E-state index in [0.29, 0.717) is 51.0 Å². The molecular formula is C28H24BrN3O4S. The van der Waals surface area contributed by atoms with Crippen LogP contribution in [0.5, 0.6) is 5.75 Å². The van der Waals surface area contributed by atoms with E-state index in [1.54, 1.807) is 50.2 Å². The Morgan fingerprint density at radius 3 is 2.46 bits per heavy atom. The number of ether oxygens (including phenoxy) is 1. The quantitative estimate of drug-likeness (QED) is 0.254. The molecule has 2 heterocycles. The second-order valence-corrected chi connectivity index (χ2v) is 10.6. The molecule has 2 aromatic carbocycles. The molecule has 0 bridgehead atoms. The molecule has 1 saturated heterocycles. The van der Waals surface area contributed by atoms with E-state index in [4.69, 9.17) is 4.74 Å². The van der Waals surface area contributed by atoms with E-state index in [0.717, 1.165) is 16.2 Å². The van der Waals surface area contributed by atoms with Gasteiger partial charge in [-0.2, -0.15) is 5.26 Å². The van der Waals surface area contributed by atoms with Gasteiger partial charge in [0.1, 0.15) is 16.8 Å². The molecule has 0 aliphatic carbocycles. The van der Waals surface area contributed by atoms with Gasteiger partial charge in [0, 0.05) is 28.6 Å². The monoisotopic (exact) mass is 577 g/mol. The average Bonchev–Trinajstić information content (AvgIpc) is 3.15. The van der Waals surface area contributed by atoms with Crippen LogP contribution in [0.25, 0.3) is 0 Å². The first-order chi connectivity index (χ1) is 17.7. The highest BCUT2D eigenvalue weighted by Crippen LogP contribution is 2.37. The highest BCUT2D eigenvalue weighted by Gasteiger charge is 2.41. The smallest absolute Gasteiger partial charge is 0.247 e. The number of nitrogens with zero attached hydrogens (tertiary/aromatic N) is 3. The summed E-state index contributed by atoms with van der Waals surface area (Å²) in [6, 6.07) is 16.1. The maximum Gasteiger partial charge on any atom is 0.247 e. The van der Waals surface area contributed by atoms with Crippen LogP contribution in [0.15, 0.2) is 58.0 Å². The molecule has 0 spiro atoms. The molecule has 0 N–H and O–H groups in total. The van der Waals surface area contributed by atoms with Crippen LogP contribution in [0, 0.1) is 25.2 Å². The number of nitriles is 1. The van der Waals surface area contributed by atoms with Crippen LogP contribution < -0.4 is 9.64 Å². The second kappa shape index (κ2) is 11.3. The standard InChI is InChI=1S/C28H24BrN3O4S/c1-4-36-21-11-9-20(10-12-21)32-26(34)14-25(28(32)35)37-27-23(15-30)16(2)22(17(3)31-27)13-24(33)18-5-7-19(29)8-6-18/h5-12,25H,4,13-14H2,1-3H3. The van der Waals surface area contributed by atoms with E-state index in [-0.39, 0.29) is 30.4 Å². The lowest BCUT2D eigenvalue weighted by molar-refractivity contribution is -0.121. The van der Waals surface area contributed by atoms with Crippen molar-refractivity contribution >= 4 is 51.0 Å². The minimum absolute atomic E-state index is 0.00512. The number of hydrogen-bond donors (Lipinski definition) is 0. The average molecular weight is 578 g/mol. The van der Waals surface area contributed by atoms with Crippen LogP contribution in [0.3, 0.4) is 0 Å². The molecular weight excluding hydrogens is 554 g/mol. The molecule has 188 valence electrons. The third-order valence-electron chi connectivity index (χ3n) is 6.13. The number of carbonyl (C=O) groups is 3. The van der Waals surface area contributed by atoms with Crippen molar-refractivity contribution in [1.82, 2.24) is 4.98 Å². The highest BCUT2D eigenvalue weighted by atomic mass is 79.9. The van der Waals surface area contributed by atoms with Crippen LogP contribution in [0.2, 0.25) is 0 Å². The van der Waals surface area contributed by atoms with E-state index in [2.05, 4.69) is 27.0 Å². The Hall–Kier alpha value is -3.48. The van der Waals surface area contributed by atoms with Crippen LogP contribution in [0.4, 0.5) is 5.69 Å². The summed E-state index contributed by atoms with van der Waals surface area (Å²) >= 11 is 4.49. The number of anilines is 1. The van der Waals surface area contributed by atoms with Gasteiger partial charge in [0.05, 0.1) is 23.1 Å². The Labute approximate surface area is 228 Å². The second-order valence-electron chi connectivity index (χ2n) is 8.50. The van der Waals surface area contributed by atoms with Gasteiger partial charge in [-0.1, -0.05) is 39.8 Å². The Morgan fingerprint density at radius 2 is 1.84 bits per heavy atom. The maximum absolute atomic E-state index is 13.2. The number of amides is 2. The number of benzene rings is 2. The van der Waals surface area contributed by atoms with Gasteiger partial charge < -0.3 is 4.74 Å². The summed E-state index contributed by atoms with van der Waals surface area (Å²) in [5.74, 6) is -0.0823. The van der Waals surface area contributed by atoms with Crippen molar-refractivity contribution in [3.8, 4) is 11.8 Å². The summed E-state index contributed by atoms with van der Waals surface area (Å²) in [4.78, 5) is 44.6. The van der Waals surface area contributed by atoms with E-state index in [9.17, 15) is 19.6 Å². The van der Waals surface area contributed by atoms with Gasteiger partial charge in [-0.3, -0.25) is 14.4 Å². The summed E-state index contributed by atoms with van der Waals surface area (Å²) < 4.78 is 6.32. The van der Waals surface area contributed by atoms with Gasteiger partial charge >= 0.3 is 0 Å². The minimum Gasteiger partial charge on any atom is -0.494 e. The largest absolute Gasteiger partial charge is 0.494 e. The zero-order valence-electron chi connectivity index (χ0n) is 20.6. The first-order valence-electron chi connectivity index (χ1n) is 11.7. The Kier molecular flexibility index (Phi) is 8.10. The van der Waals surface area contributed by atoms with Crippen molar-refractivity contribution in [2.45, 2.75) is 43.9 Å². The fourth-order valence-electron chi connectivity index (χ4n) is 4.19. The molecule has 9 heteroatoms. The van der Waals surface area contributed by atoms with Crippen molar-refractivity contribution in [3.63, 3.8) is 0 Å². The fraction of sp³-hybridized carbons (Fsp3) is 0.250. The summed E-state index contributed by atoms with van der Waals surface area (Å²) in [6.07, 6.45) is 0.115. The zero-order chi connectivity index (χ0) is 26.7. The van der Waals surface area contributed by atoms with E-state index < -0.39 is 5.25 Å². The molecule has 1 atom stereocenters. The first-order valence-corrected chi connectivity index (χ1v) is 13.4. The minimum atomic E-state index is -0.701. The van der Waals surface area contributed by atoms with Crippen LogP contribution >= 0.6 is 27.7 Å². The highest BCUT2D eigenvalue weighted by molar-refractivity contribution is 9.10. The normalized spacial score (nSPS) is 15.1. The molecule has 4 rings (SSSR count). The number of hydrogen-bond acceptors (Lipinski definition) is 7. The number of halogens is 1. The summed E-state index contributed by atoms with van der Waals surface area (Å²) in [6.45, 7) is 5.97. The Balaban J connectivity index is 1.56. The molecule has 7 nitrogen and oxygen atoms in total. The van der Waals surface area contributed by atoms with Crippen LogP contribution in [-0.4, -0.2) is 34.4 Å². The third-order valence-corrected chi connectivity index (χ3v) is 7.83. The van der Waals surface area contributed by atoms with E-state index >= 15 is 0 Å². The number of aromatic nitrogens is 1. The number of aryl methyl sites for hydroxylation is 1. The fourth-order valence-corrected chi connectivity index (χ4v) is 5.67. The van der Waals surface area contributed by atoms with Crippen molar-refractivity contribution in [2.24, 2.45) is 0 Å². The first kappa shape index (κ1) is 26.6. The van der Waals surface area contributed by atoms with Gasteiger partial charge in [-0.15, -0.1) is 0 Å². The molecule has 1 fully saturated rings. The number of pyridine rings is 1. The van der Waals surface area contributed by atoms with Crippen molar-refractivity contribution in [1.29, 1.82) is 5.26 Å². The molecule has 1 aliphatic heterocycles. The van der Waals surface area contributed by atoms with Crippen LogP contribution in [-0.2, 0) is 16.0 Å². The number of rotatable bonds is 8. The Bertz CT molecular complexity index is 1420. The summed E-state index contributed by atoms with van der Waals surface area (Å²) in [5, 5.41) is 9.61. The van der Waals surface area contributed by atoms with Crippen molar-refractivity contribution in [3.05, 3.63) is 81.0 Å². The predicted molar refractivity (Wildman–Crippen MR) is 145 cm³/mol. The molecule has 3 aromatic rings. The molecule has 0 radical (unpaired) electrons. The van der Waals surface area contributed by atoms with Crippen molar-refractivity contribution in [2.75, 3.05) is 11.5 Å². The number of ketones is 1. The summed E-state index contributed by atoms with van der Waals surface area (Å²) in [7, 11) is 0.